The number of benzene rings is 2. The Morgan fingerprint density at radius 2 is 1.94 bits per heavy atom. The second-order valence-corrected chi connectivity index (χ2v) is 9.07. The van der Waals surface area contributed by atoms with E-state index in [1.807, 2.05) is 12.1 Å². The van der Waals surface area contributed by atoms with Gasteiger partial charge in [0, 0.05) is 23.7 Å². The average Bonchev–Trinajstić information content (AvgIpc) is 3.44. The van der Waals surface area contributed by atoms with Crippen LogP contribution in [-0.4, -0.2) is 26.4 Å². The number of aryl methyl sites for hydroxylation is 1. The van der Waals surface area contributed by atoms with Crippen molar-refractivity contribution in [2.45, 2.75) is 64.3 Å². The highest BCUT2D eigenvalue weighted by molar-refractivity contribution is 6.31. The quantitative estimate of drug-likeness (QED) is 0.332. The summed E-state index contributed by atoms with van der Waals surface area (Å²) in [5.74, 6) is 0.445. The van der Waals surface area contributed by atoms with Gasteiger partial charge in [-0.2, -0.15) is 13.2 Å². The van der Waals surface area contributed by atoms with Gasteiger partial charge in [-0.3, -0.25) is 4.79 Å². The molecule has 3 aromatic rings. The van der Waals surface area contributed by atoms with Gasteiger partial charge in [-0.25, -0.2) is 4.98 Å². The van der Waals surface area contributed by atoms with Gasteiger partial charge in [0.25, 0.3) is 0 Å². The maximum atomic E-state index is 13.4. The Morgan fingerprint density at radius 3 is 2.65 bits per heavy atom. The second kappa shape index (κ2) is 10.2. The second-order valence-electron chi connectivity index (χ2n) is 8.64. The zero-order valence-corrected chi connectivity index (χ0v) is 19.7. The van der Waals surface area contributed by atoms with Crippen molar-refractivity contribution in [2.24, 2.45) is 0 Å². The molecule has 1 aromatic heterocycles. The molecule has 0 spiro atoms. The van der Waals surface area contributed by atoms with Crippen LogP contribution < -0.4 is 0 Å². The van der Waals surface area contributed by atoms with Gasteiger partial charge in [0.2, 0.25) is 5.91 Å². The van der Waals surface area contributed by atoms with Crippen molar-refractivity contribution in [1.82, 2.24) is 14.5 Å². The van der Waals surface area contributed by atoms with Crippen LogP contribution in [0, 0.1) is 0 Å². The predicted molar refractivity (Wildman–Crippen MR) is 128 cm³/mol. The first-order valence-electron chi connectivity index (χ1n) is 11.6. The van der Waals surface area contributed by atoms with Crippen LogP contribution in [0.15, 0.2) is 48.5 Å². The van der Waals surface area contributed by atoms with E-state index in [-0.39, 0.29) is 17.5 Å². The Labute approximate surface area is 202 Å². The van der Waals surface area contributed by atoms with Crippen molar-refractivity contribution >= 4 is 34.6 Å². The van der Waals surface area contributed by atoms with E-state index in [0.717, 1.165) is 61.6 Å². The van der Waals surface area contributed by atoms with Crippen LogP contribution in [0.3, 0.4) is 0 Å². The molecule has 8 heteroatoms. The number of fused-ring (bicyclic) bond motifs is 1. The van der Waals surface area contributed by atoms with Gasteiger partial charge in [0.05, 0.1) is 23.1 Å². The van der Waals surface area contributed by atoms with E-state index in [2.05, 4.69) is 11.5 Å². The number of alkyl halides is 3. The SMILES string of the molecule is CCCn1c(CN(C(=O)/C=C/c2ccccc2C(F)(F)F)C2CCCC2)nc2ccc(Cl)cc21. The number of hydrogen-bond donors (Lipinski definition) is 0. The molecule has 0 atom stereocenters. The number of imidazole rings is 1. The fraction of sp³-hybridized carbons (Fsp3) is 0.385. The van der Waals surface area contributed by atoms with E-state index < -0.39 is 11.7 Å². The van der Waals surface area contributed by atoms with Gasteiger partial charge < -0.3 is 9.47 Å². The van der Waals surface area contributed by atoms with Crippen molar-refractivity contribution in [1.29, 1.82) is 0 Å². The lowest BCUT2D eigenvalue weighted by Crippen LogP contribution is -2.38. The minimum Gasteiger partial charge on any atom is -0.329 e. The molecule has 0 N–H and O–H groups in total. The number of rotatable bonds is 7. The molecular formula is C26H27ClF3N3O. The highest BCUT2D eigenvalue weighted by atomic mass is 35.5. The van der Waals surface area contributed by atoms with Gasteiger partial charge in [-0.15, -0.1) is 0 Å². The third-order valence-electron chi connectivity index (χ3n) is 6.27. The molecule has 1 heterocycles. The molecular weight excluding hydrogens is 463 g/mol. The van der Waals surface area contributed by atoms with E-state index in [4.69, 9.17) is 16.6 Å². The largest absolute Gasteiger partial charge is 0.416 e. The smallest absolute Gasteiger partial charge is 0.329 e. The van der Waals surface area contributed by atoms with E-state index in [1.165, 1.54) is 30.4 Å². The van der Waals surface area contributed by atoms with Crippen molar-refractivity contribution < 1.29 is 18.0 Å². The number of aromatic nitrogens is 2. The van der Waals surface area contributed by atoms with Gasteiger partial charge in [-0.1, -0.05) is 49.6 Å². The Balaban J connectivity index is 1.66. The van der Waals surface area contributed by atoms with Gasteiger partial charge in [0.15, 0.2) is 0 Å². The van der Waals surface area contributed by atoms with Crippen LogP contribution in [0.5, 0.6) is 0 Å². The van der Waals surface area contributed by atoms with Crippen molar-refractivity contribution in [2.75, 3.05) is 0 Å². The minimum absolute atomic E-state index is 0.0254. The Kier molecular flexibility index (Phi) is 7.31. The molecule has 0 radical (unpaired) electrons. The van der Waals surface area contributed by atoms with E-state index in [1.54, 1.807) is 11.0 Å². The molecule has 1 saturated carbocycles. The van der Waals surface area contributed by atoms with E-state index in [0.29, 0.717) is 11.6 Å². The molecule has 0 bridgehead atoms. The highest BCUT2D eigenvalue weighted by Gasteiger charge is 2.32. The lowest BCUT2D eigenvalue weighted by Gasteiger charge is -2.28. The molecule has 0 unspecified atom stereocenters. The first-order chi connectivity index (χ1) is 16.3. The molecule has 34 heavy (non-hydrogen) atoms. The van der Waals surface area contributed by atoms with Gasteiger partial charge in [0.1, 0.15) is 5.82 Å². The lowest BCUT2D eigenvalue weighted by molar-refractivity contribution is -0.137. The summed E-state index contributed by atoms with van der Waals surface area (Å²) in [4.78, 5) is 19.8. The summed E-state index contributed by atoms with van der Waals surface area (Å²) in [6.45, 7) is 3.09. The molecule has 2 aromatic carbocycles. The molecule has 180 valence electrons. The normalized spacial score (nSPS) is 15.0. The number of halogens is 4. The molecule has 1 fully saturated rings. The van der Waals surface area contributed by atoms with E-state index in [9.17, 15) is 18.0 Å². The molecule has 4 rings (SSSR count). The minimum atomic E-state index is -4.48. The van der Waals surface area contributed by atoms with Gasteiger partial charge in [-0.05, 0) is 55.2 Å². The number of amides is 1. The summed E-state index contributed by atoms with van der Waals surface area (Å²) in [6.07, 6.45) is 2.72. The van der Waals surface area contributed by atoms with Gasteiger partial charge >= 0.3 is 6.18 Å². The summed E-state index contributed by atoms with van der Waals surface area (Å²) >= 11 is 6.21. The first-order valence-corrected chi connectivity index (χ1v) is 11.9. The third-order valence-corrected chi connectivity index (χ3v) is 6.50. The van der Waals surface area contributed by atoms with Crippen LogP contribution in [0.25, 0.3) is 17.1 Å². The van der Waals surface area contributed by atoms with Crippen LogP contribution in [-0.2, 0) is 24.1 Å². The van der Waals surface area contributed by atoms with Crippen molar-refractivity contribution in [3.05, 3.63) is 70.5 Å². The molecule has 1 amide bonds. The third kappa shape index (κ3) is 5.30. The zero-order chi connectivity index (χ0) is 24.3. The number of hydrogen-bond acceptors (Lipinski definition) is 2. The fourth-order valence-electron chi connectivity index (χ4n) is 4.65. The molecule has 0 saturated heterocycles. The maximum absolute atomic E-state index is 13.4. The standard InChI is InChI=1S/C26H27ClF3N3O/c1-2-15-32-23-16-19(27)12-13-22(23)31-24(32)17-33(20-8-4-5-9-20)25(34)14-11-18-7-3-6-10-21(18)26(28,29)30/h3,6-7,10-14,16,20H,2,4-5,8-9,15,17H2,1H3/b14-11+. The van der Waals surface area contributed by atoms with Crippen LogP contribution in [0.1, 0.15) is 56.0 Å². The monoisotopic (exact) mass is 489 g/mol. The Morgan fingerprint density at radius 1 is 1.21 bits per heavy atom. The zero-order valence-electron chi connectivity index (χ0n) is 19.0. The summed E-state index contributed by atoms with van der Waals surface area (Å²) in [6, 6.07) is 10.8. The predicted octanol–water partition coefficient (Wildman–Crippen LogP) is 7.10. The molecule has 1 aliphatic rings. The van der Waals surface area contributed by atoms with Crippen molar-refractivity contribution in [3.8, 4) is 0 Å². The van der Waals surface area contributed by atoms with Crippen molar-refractivity contribution in [3.63, 3.8) is 0 Å². The summed E-state index contributed by atoms with van der Waals surface area (Å²) in [7, 11) is 0. The summed E-state index contributed by atoms with van der Waals surface area (Å²) in [5, 5.41) is 0.617. The number of carbonyl (C=O) groups is 1. The number of nitrogens with zero attached hydrogens (tertiary/aromatic N) is 3. The van der Waals surface area contributed by atoms with Crippen LogP contribution >= 0.6 is 11.6 Å². The summed E-state index contributed by atoms with van der Waals surface area (Å²) < 4.78 is 42.2. The summed E-state index contributed by atoms with van der Waals surface area (Å²) in [5.41, 5.74) is 0.940. The molecule has 0 aliphatic heterocycles. The average molecular weight is 490 g/mol. The Bertz CT molecular complexity index is 1200. The first kappa shape index (κ1) is 24.3. The molecule has 1 aliphatic carbocycles. The topological polar surface area (TPSA) is 38.1 Å². The van der Waals surface area contributed by atoms with Crippen LogP contribution in [0.2, 0.25) is 5.02 Å². The highest BCUT2D eigenvalue weighted by Crippen LogP contribution is 2.33. The molecule has 4 nitrogen and oxygen atoms in total. The van der Waals surface area contributed by atoms with E-state index >= 15 is 0 Å². The number of carbonyl (C=O) groups excluding carboxylic acids is 1. The Hall–Kier alpha value is -2.80. The van der Waals surface area contributed by atoms with Crippen LogP contribution in [0.4, 0.5) is 13.2 Å². The lowest BCUT2D eigenvalue weighted by atomic mass is 10.1. The fourth-order valence-corrected chi connectivity index (χ4v) is 4.82. The maximum Gasteiger partial charge on any atom is 0.416 e.